The predicted molar refractivity (Wildman–Crippen MR) is 270 cm³/mol. The summed E-state index contributed by atoms with van der Waals surface area (Å²) in [7, 11) is -2.88. The van der Waals surface area contributed by atoms with E-state index >= 15 is 0 Å². The molecule has 0 saturated heterocycles. The zero-order chi connectivity index (χ0) is 41.7. The summed E-state index contributed by atoms with van der Waals surface area (Å²) >= 11 is 0. The summed E-state index contributed by atoms with van der Waals surface area (Å²) < 4.78 is 4.96. The van der Waals surface area contributed by atoms with Crippen LogP contribution in [0.5, 0.6) is 0 Å². The lowest BCUT2D eigenvalue weighted by molar-refractivity contribution is 1.15. The molecule has 0 aliphatic heterocycles. The Kier molecular flexibility index (Phi) is 8.87. The molecule has 296 valence electrons. The number of nitrogens with zero attached hydrogens (tertiary/aromatic N) is 2. The Hall–Kier alpha value is -7.98. The molecule has 0 aliphatic rings. The van der Waals surface area contributed by atoms with Crippen molar-refractivity contribution in [1.82, 2.24) is 9.13 Å². The molecule has 0 saturated carbocycles. The van der Waals surface area contributed by atoms with Gasteiger partial charge in [-0.05, 0) is 73.8 Å². The van der Waals surface area contributed by atoms with Crippen molar-refractivity contribution in [2.45, 2.75) is 0 Å². The SMILES string of the molecule is c1ccc(-c2ccc(-n3c4ccccc4c4ccc(-n5c6ccccc6c6cc([Si](c7ccccc7)(c7ccccc7)c7ccccc7)cc(-c7ccccc7)c65)cc43)cc2)cc1. The highest BCUT2D eigenvalue weighted by atomic mass is 28.3. The minimum atomic E-state index is -2.88. The van der Waals surface area contributed by atoms with Gasteiger partial charge in [-0.25, -0.2) is 0 Å². The van der Waals surface area contributed by atoms with Gasteiger partial charge in [0.2, 0.25) is 0 Å². The zero-order valence-electron chi connectivity index (χ0n) is 34.6. The van der Waals surface area contributed by atoms with Gasteiger partial charge in [0.05, 0.1) is 22.1 Å². The van der Waals surface area contributed by atoms with Crippen LogP contribution >= 0.6 is 0 Å². The molecule has 63 heavy (non-hydrogen) atoms. The van der Waals surface area contributed by atoms with Crippen LogP contribution in [0.3, 0.4) is 0 Å². The van der Waals surface area contributed by atoms with Crippen LogP contribution in [-0.4, -0.2) is 17.2 Å². The number of para-hydroxylation sites is 2. The quantitative estimate of drug-likeness (QED) is 0.107. The number of aromatic nitrogens is 2. The Morgan fingerprint density at radius 3 is 1.25 bits per heavy atom. The van der Waals surface area contributed by atoms with Crippen molar-refractivity contribution < 1.29 is 0 Å². The van der Waals surface area contributed by atoms with E-state index in [9.17, 15) is 0 Å². The van der Waals surface area contributed by atoms with E-state index in [0.29, 0.717) is 0 Å². The molecule has 0 amide bonds. The van der Waals surface area contributed by atoms with Crippen molar-refractivity contribution in [1.29, 1.82) is 0 Å². The van der Waals surface area contributed by atoms with Crippen LogP contribution in [-0.2, 0) is 0 Å². The summed E-state index contributed by atoms with van der Waals surface area (Å²) in [6.07, 6.45) is 0. The maximum atomic E-state index is 2.55. The molecule has 2 heterocycles. The minimum Gasteiger partial charge on any atom is -0.309 e. The molecule has 0 radical (unpaired) electrons. The lowest BCUT2D eigenvalue weighted by Gasteiger charge is -2.35. The maximum Gasteiger partial charge on any atom is 0.179 e. The normalized spacial score (nSPS) is 11.8. The van der Waals surface area contributed by atoms with Crippen molar-refractivity contribution in [2.24, 2.45) is 0 Å². The minimum absolute atomic E-state index is 1.13. The first-order valence-corrected chi connectivity index (χ1v) is 23.8. The molecule has 0 fully saturated rings. The molecule has 3 heteroatoms. The average Bonchev–Trinajstić information content (AvgIpc) is 3.88. The van der Waals surface area contributed by atoms with E-state index in [1.807, 2.05) is 0 Å². The van der Waals surface area contributed by atoms with Crippen molar-refractivity contribution in [3.63, 3.8) is 0 Å². The van der Waals surface area contributed by atoms with Crippen LogP contribution in [0.4, 0.5) is 0 Å². The second-order valence-corrected chi connectivity index (χ2v) is 20.3. The van der Waals surface area contributed by atoms with Gasteiger partial charge >= 0.3 is 0 Å². The van der Waals surface area contributed by atoms with E-state index in [2.05, 4.69) is 264 Å². The fourth-order valence-electron chi connectivity index (χ4n) is 10.3. The molecule has 2 aromatic heterocycles. The van der Waals surface area contributed by atoms with E-state index < -0.39 is 8.07 Å². The maximum absolute atomic E-state index is 2.88. The molecule has 2 nitrogen and oxygen atoms in total. The molecular formula is C60H42N2Si. The average molecular weight is 819 g/mol. The molecule has 0 atom stereocenters. The predicted octanol–water partition coefficient (Wildman–Crippen LogP) is 12.6. The largest absolute Gasteiger partial charge is 0.309 e. The fourth-order valence-corrected chi connectivity index (χ4v) is 15.1. The summed E-state index contributed by atoms with van der Waals surface area (Å²) in [5.74, 6) is 0. The molecule has 0 N–H and O–H groups in total. The fraction of sp³-hybridized carbons (Fsp3) is 0. The highest BCUT2D eigenvalue weighted by Gasteiger charge is 2.42. The van der Waals surface area contributed by atoms with Crippen LogP contribution in [0.15, 0.2) is 255 Å². The molecular weight excluding hydrogens is 777 g/mol. The molecule has 10 aromatic carbocycles. The van der Waals surface area contributed by atoms with Gasteiger partial charge in [-0.3, -0.25) is 0 Å². The van der Waals surface area contributed by atoms with Gasteiger partial charge in [-0.2, -0.15) is 0 Å². The third-order valence-corrected chi connectivity index (χ3v) is 17.8. The Labute approximate surface area is 368 Å². The van der Waals surface area contributed by atoms with Crippen molar-refractivity contribution in [2.75, 3.05) is 0 Å². The molecule has 0 spiro atoms. The van der Waals surface area contributed by atoms with E-state index in [0.717, 1.165) is 11.4 Å². The zero-order valence-corrected chi connectivity index (χ0v) is 35.6. The van der Waals surface area contributed by atoms with Crippen LogP contribution in [0.2, 0.25) is 0 Å². The summed E-state index contributed by atoms with van der Waals surface area (Å²) in [5, 5.41) is 10.4. The summed E-state index contributed by atoms with van der Waals surface area (Å²) in [5.41, 5.74) is 11.9. The van der Waals surface area contributed by atoms with Crippen LogP contribution < -0.4 is 20.7 Å². The third-order valence-electron chi connectivity index (χ3n) is 13.1. The van der Waals surface area contributed by atoms with Gasteiger partial charge < -0.3 is 9.13 Å². The number of hydrogen-bond acceptors (Lipinski definition) is 0. The van der Waals surface area contributed by atoms with Gasteiger partial charge in [0, 0.05) is 38.5 Å². The Bertz CT molecular complexity index is 3480. The van der Waals surface area contributed by atoms with E-state index in [1.165, 1.54) is 86.6 Å². The number of hydrogen-bond donors (Lipinski definition) is 0. The molecule has 0 aliphatic carbocycles. The third kappa shape index (κ3) is 5.93. The first kappa shape index (κ1) is 36.8. The van der Waals surface area contributed by atoms with Gasteiger partial charge in [-0.15, -0.1) is 0 Å². The van der Waals surface area contributed by atoms with Crippen LogP contribution in [0.1, 0.15) is 0 Å². The second-order valence-electron chi connectivity index (χ2n) is 16.5. The number of rotatable bonds is 8. The van der Waals surface area contributed by atoms with Gasteiger partial charge in [0.1, 0.15) is 0 Å². The highest BCUT2D eigenvalue weighted by Crippen LogP contribution is 2.40. The van der Waals surface area contributed by atoms with Gasteiger partial charge in [0.15, 0.2) is 8.07 Å². The van der Waals surface area contributed by atoms with Crippen LogP contribution in [0, 0.1) is 0 Å². The smallest absolute Gasteiger partial charge is 0.179 e. The van der Waals surface area contributed by atoms with Gasteiger partial charge in [-0.1, -0.05) is 218 Å². The van der Waals surface area contributed by atoms with Crippen molar-refractivity contribution in [3.8, 4) is 33.6 Å². The van der Waals surface area contributed by atoms with Crippen molar-refractivity contribution >= 4 is 72.4 Å². The molecule has 12 aromatic rings. The monoisotopic (exact) mass is 818 g/mol. The van der Waals surface area contributed by atoms with E-state index in [4.69, 9.17) is 0 Å². The van der Waals surface area contributed by atoms with Crippen LogP contribution in [0.25, 0.3) is 77.2 Å². The highest BCUT2D eigenvalue weighted by molar-refractivity contribution is 7.20. The van der Waals surface area contributed by atoms with Gasteiger partial charge in [0.25, 0.3) is 0 Å². The number of fused-ring (bicyclic) bond motifs is 6. The van der Waals surface area contributed by atoms with E-state index in [1.54, 1.807) is 0 Å². The standard InChI is InChI=1S/C60H42N2Si/c1-6-20-43(21-7-1)44-34-36-46(37-35-44)61-57-32-18-16-30-52(57)54-39-38-47(40-59(54)61)62-58-33-19-17-31-53(58)56-42-51(41-55(60(56)62)45-22-8-2-9-23-45)63(48-24-10-3-11-25-48,49-26-12-4-13-27-49)50-28-14-5-15-29-50/h1-42H. The Morgan fingerprint density at radius 1 is 0.254 bits per heavy atom. The summed E-state index contributed by atoms with van der Waals surface area (Å²) in [6.45, 7) is 0. The molecule has 0 unspecified atom stereocenters. The Balaban J connectivity index is 1.17. The topological polar surface area (TPSA) is 9.86 Å². The lowest BCUT2D eigenvalue weighted by Crippen LogP contribution is -2.74. The lowest BCUT2D eigenvalue weighted by atomic mass is 10.0. The summed E-state index contributed by atoms with van der Waals surface area (Å²) in [4.78, 5) is 0. The number of benzene rings is 10. The van der Waals surface area contributed by atoms with Crippen molar-refractivity contribution in [3.05, 3.63) is 255 Å². The first-order valence-electron chi connectivity index (χ1n) is 21.8. The Morgan fingerprint density at radius 2 is 0.683 bits per heavy atom. The first-order chi connectivity index (χ1) is 31.3. The second kappa shape index (κ2) is 15.2. The van der Waals surface area contributed by atoms with E-state index in [-0.39, 0.29) is 0 Å². The summed E-state index contributed by atoms with van der Waals surface area (Å²) in [6, 6.07) is 94.4. The molecule has 12 rings (SSSR count). The molecule has 0 bridgehead atoms.